The molecule has 1 aliphatic heterocycles. The smallest absolute Gasteiger partial charge is 0.317 e. The second-order valence-electron chi connectivity index (χ2n) is 5.98. The first-order valence-electron chi connectivity index (χ1n) is 7.95. The maximum absolute atomic E-state index is 12.3. The molecular weight excluding hydrogens is 292 g/mol. The zero-order valence-electron chi connectivity index (χ0n) is 13.2. The quantitative estimate of drug-likeness (QED) is 0.911. The van der Waals surface area contributed by atoms with E-state index in [-0.39, 0.29) is 12.1 Å². The van der Waals surface area contributed by atoms with E-state index in [1.807, 2.05) is 42.0 Å². The molecule has 0 spiro atoms. The molecule has 122 valence electrons. The van der Waals surface area contributed by atoms with Gasteiger partial charge in [-0.2, -0.15) is 0 Å². The van der Waals surface area contributed by atoms with Gasteiger partial charge in [-0.15, -0.1) is 0 Å². The molecule has 2 aromatic rings. The number of carbonyl (C=O) groups is 1. The van der Waals surface area contributed by atoms with Crippen LogP contribution in [0.1, 0.15) is 31.4 Å². The molecule has 0 radical (unpaired) electrons. The second-order valence-corrected chi connectivity index (χ2v) is 5.98. The molecule has 2 heterocycles. The van der Waals surface area contributed by atoms with Crippen molar-refractivity contribution >= 4 is 6.03 Å². The van der Waals surface area contributed by atoms with Crippen molar-refractivity contribution in [1.29, 1.82) is 0 Å². The predicted octanol–water partition coefficient (Wildman–Crippen LogP) is 2.10. The average Bonchev–Trinajstić information content (AvgIpc) is 3.09. The van der Waals surface area contributed by atoms with Crippen LogP contribution in [0.15, 0.2) is 43.0 Å². The van der Waals surface area contributed by atoms with E-state index in [0.717, 1.165) is 24.1 Å². The largest absolute Gasteiger partial charge is 0.391 e. The number of likely N-dealkylation sites (tertiary alicyclic amines) is 1. The van der Waals surface area contributed by atoms with Gasteiger partial charge in [-0.05, 0) is 37.5 Å². The summed E-state index contributed by atoms with van der Waals surface area (Å²) in [5.74, 6) is 0. The third-order valence-corrected chi connectivity index (χ3v) is 4.20. The molecule has 2 atom stereocenters. The van der Waals surface area contributed by atoms with Crippen LogP contribution in [0.25, 0.3) is 5.69 Å². The van der Waals surface area contributed by atoms with Crippen LogP contribution in [0.5, 0.6) is 0 Å². The van der Waals surface area contributed by atoms with Crippen molar-refractivity contribution in [1.82, 2.24) is 19.8 Å². The summed E-state index contributed by atoms with van der Waals surface area (Å²) in [6, 6.07) is 7.78. The molecule has 1 aromatic carbocycles. The molecule has 6 nitrogen and oxygen atoms in total. The minimum Gasteiger partial charge on any atom is -0.391 e. The molecule has 0 aliphatic carbocycles. The molecule has 3 rings (SSSR count). The van der Waals surface area contributed by atoms with Crippen molar-refractivity contribution in [3.8, 4) is 5.69 Å². The van der Waals surface area contributed by atoms with Gasteiger partial charge < -0.3 is 19.9 Å². The number of hydrogen-bond donors (Lipinski definition) is 2. The van der Waals surface area contributed by atoms with Crippen molar-refractivity contribution in [2.45, 2.75) is 31.9 Å². The fourth-order valence-electron chi connectivity index (χ4n) is 2.87. The first-order valence-corrected chi connectivity index (χ1v) is 7.95. The highest BCUT2D eigenvalue weighted by molar-refractivity contribution is 5.74. The fraction of sp³-hybridized carbons (Fsp3) is 0.412. The molecule has 2 unspecified atom stereocenters. The molecular formula is C17H22N4O2. The molecule has 2 amide bonds. The van der Waals surface area contributed by atoms with Gasteiger partial charge in [0.15, 0.2) is 0 Å². The van der Waals surface area contributed by atoms with Gasteiger partial charge in [0.1, 0.15) is 0 Å². The van der Waals surface area contributed by atoms with Gasteiger partial charge in [-0.3, -0.25) is 0 Å². The monoisotopic (exact) mass is 314 g/mol. The number of hydrogen-bond acceptors (Lipinski definition) is 3. The number of aromatic nitrogens is 2. The lowest BCUT2D eigenvalue weighted by molar-refractivity contribution is 0.0835. The summed E-state index contributed by atoms with van der Waals surface area (Å²) in [6.45, 7) is 3.07. The Hall–Kier alpha value is -2.34. The Morgan fingerprint density at radius 1 is 1.48 bits per heavy atom. The zero-order chi connectivity index (χ0) is 16.2. The Kier molecular flexibility index (Phi) is 4.62. The predicted molar refractivity (Wildman–Crippen MR) is 87.3 cm³/mol. The van der Waals surface area contributed by atoms with Crippen LogP contribution in [0.4, 0.5) is 4.79 Å². The molecule has 2 N–H and O–H groups in total. The molecule has 1 saturated heterocycles. The summed E-state index contributed by atoms with van der Waals surface area (Å²) in [7, 11) is 0. The number of rotatable bonds is 3. The van der Waals surface area contributed by atoms with Gasteiger partial charge in [0.25, 0.3) is 0 Å². The SMILES string of the molecule is CC(NC(=O)N1CCCC(O)C1)c1cccc(-n2ccnc2)c1. The number of carbonyl (C=O) groups excluding carboxylic acids is 1. The van der Waals surface area contributed by atoms with E-state index in [2.05, 4.69) is 10.3 Å². The Morgan fingerprint density at radius 2 is 2.35 bits per heavy atom. The van der Waals surface area contributed by atoms with E-state index >= 15 is 0 Å². The maximum atomic E-state index is 12.3. The number of nitrogens with zero attached hydrogens (tertiary/aromatic N) is 3. The van der Waals surface area contributed by atoms with Gasteiger partial charge in [0.05, 0.1) is 18.5 Å². The highest BCUT2D eigenvalue weighted by atomic mass is 16.3. The molecule has 6 heteroatoms. The van der Waals surface area contributed by atoms with Crippen molar-refractivity contribution in [2.75, 3.05) is 13.1 Å². The number of benzene rings is 1. The number of aliphatic hydroxyl groups is 1. The number of amides is 2. The van der Waals surface area contributed by atoms with Gasteiger partial charge in [-0.1, -0.05) is 12.1 Å². The van der Waals surface area contributed by atoms with Gasteiger partial charge in [0.2, 0.25) is 0 Å². The normalized spacial score (nSPS) is 19.4. The van der Waals surface area contributed by atoms with Crippen molar-refractivity contribution < 1.29 is 9.90 Å². The summed E-state index contributed by atoms with van der Waals surface area (Å²) < 4.78 is 1.93. The number of urea groups is 1. The number of β-amino-alcohol motifs (C(OH)–C–C–N with tert-alkyl or cyclic N) is 1. The first kappa shape index (κ1) is 15.6. The third-order valence-electron chi connectivity index (χ3n) is 4.20. The van der Waals surface area contributed by atoms with E-state index in [0.29, 0.717) is 13.1 Å². The molecule has 0 bridgehead atoms. The highest BCUT2D eigenvalue weighted by Crippen LogP contribution is 2.18. The minimum atomic E-state index is -0.408. The van der Waals surface area contributed by atoms with Crippen LogP contribution < -0.4 is 5.32 Å². The Labute approximate surface area is 135 Å². The van der Waals surface area contributed by atoms with Crippen LogP contribution in [0, 0.1) is 0 Å². The summed E-state index contributed by atoms with van der Waals surface area (Å²) in [4.78, 5) is 18.1. The van der Waals surface area contributed by atoms with Crippen LogP contribution in [-0.4, -0.2) is 44.8 Å². The molecule has 1 aliphatic rings. The lowest BCUT2D eigenvalue weighted by Crippen LogP contribution is -2.47. The van der Waals surface area contributed by atoms with Gasteiger partial charge in [0, 0.05) is 31.2 Å². The fourth-order valence-corrected chi connectivity index (χ4v) is 2.87. The molecule has 1 fully saturated rings. The van der Waals surface area contributed by atoms with Crippen LogP contribution in [0.2, 0.25) is 0 Å². The zero-order valence-corrected chi connectivity index (χ0v) is 13.2. The molecule has 23 heavy (non-hydrogen) atoms. The lowest BCUT2D eigenvalue weighted by atomic mass is 10.1. The number of piperidine rings is 1. The van der Waals surface area contributed by atoms with Crippen LogP contribution in [0.3, 0.4) is 0 Å². The van der Waals surface area contributed by atoms with Crippen LogP contribution in [-0.2, 0) is 0 Å². The summed E-state index contributed by atoms with van der Waals surface area (Å²) in [6.07, 6.45) is 6.58. The van der Waals surface area contributed by atoms with Gasteiger partial charge in [-0.25, -0.2) is 9.78 Å². The Bertz CT molecular complexity index is 656. The number of imidazole rings is 1. The van der Waals surface area contributed by atoms with Crippen molar-refractivity contribution in [3.05, 3.63) is 48.5 Å². The van der Waals surface area contributed by atoms with Crippen LogP contribution >= 0.6 is 0 Å². The lowest BCUT2D eigenvalue weighted by Gasteiger charge is -2.31. The standard InChI is InChI=1S/C17H22N4O2/c1-13(19-17(23)20-8-3-6-16(22)11-20)14-4-2-5-15(10-14)21-9-7-18-12-21/h2,4-5,7,9-10,12-13,16,22H,3,6,8,11H2,1H3,(H,19,23). The number of nitrogens with one attached hydrogen (secondary N) is 1. The van der Waals surface area contributed by atoms with Crippen molar-refractivity contribution in [3.63, 3.8) is 0 Å². The van der Waals surface area contributed by atoms with E-state index in [9.17, 15) is 9.90 Å². The first-order chi connectivity index (χ1) is 11.1. The minimum absolute atomic E-state index is 0.106. The summed E-state index contributed by atoms with van der Waals surface area (Å²) in [5.41, 5.74) is 2.04. The maximum Gasteiger partial charge on any atom is 0.317 e. The van der Waals surface area contributed by atoms with E-state index in [4.69, 9.17) is 0 Å². The van der Waals surface area contributed by atoms with E-state index in [1.165, 1.54) is 0 Å². The number of aliphatic hydroxyl groups excluding tert-OH is 1. The van der Waals surface area contributed by atoms with Gasteiger partial charge >= 0.3 is 6.03 Å². The molecule has 0 saturated carbocycles. The Balaban J connectivity index is 1.67. The topological polar surface area (TPSA) is 70.4 Å². The summed E-state index contributed by atoms with van der Waals surface area (Å²) >= 11 is 0. The highest BCUT2D eigenvalue weighted by Gasteiger charge is 2.23. The van der Waals surface area contributed by atoms with E-state index < -0.39 is 6.10 Å². The average molecular weight is 314 g/mol. The second kappa shape index (κ2) is 6.83. The summed E-state index contributed by atoms with van der Waals surface area (Å²) in [5, 5.41) is 12.7. The third kappa shape index (κ3) is 3.71. The van der Waals surface area contributed by atoms with E-state index in [1.54, 1.807) is 17.4 Å². The molecule has 1 aromatic heterocycles. The Morgan fingerprint density at radius 3 is 3.09 bits per heavy atom. The van der Waals surface area contributed by atoms with Crippen molar-refractivity contribution in [2.24, 2.45) is 0 Å².